The molecule has 2 aromatic carbocycles. The number of amides is 3. The molecule has 1 saturated heterocycles. The van der Waals surface area contributed by atoms with Gasteiger partial charge in [0.2, 0.25) is 5.91 Å². The van der Waals surface area contributed by atoms with Gasteiger partial charge in [0.05, 0.1) is 13.2 Å². The number of aryl methyl sites for hydroxylation is 1. The number of nitrogens with zero attached hydrogens (tertiary/aromatic N) is 1. The highest BCUT2D eigenvalue weighted by molar-refractivity contribution is 5.96. The summed E-state index contributed by atoms with van der Waals surface area (Å²) in [5.74, 6) is 0.286. The molecule has 1 aliphatic rings. The number of nitrogens with one attached hydrogen (secondary N) is 1. The first kappa shape index (κ1) is 19.7. The van der Waals surface area contributed by atoms with Crippen molar-refractivity contribution in [2.45, 2.75) is 38.6 Å². The van der Waals surface area contributed by atoms with Crippen LogP contribution in [0.15, 0.2) is 42.5 Å². The Morgan fingerprint density at radius 2 is 1.86 bits per heavy atom. The lowest BCUT2D eigenvalue weighted by Gasteiger charge is -2.31. The maximum Gasteiger partial charge on any atom is 0.322 e. The molecular weight excluding hydrogens is 354 g/mol. The van der Waals surface area contributed by atoms with Crippen molar-refractivity contribution in [3.05, 3.63) is 59.2 Å². The molecule has 0 spiro atoms. The van der Waals surface area contributed by atoms with Crippen molar-refractivity contribution in [2.75, 3.05) is 19.0 Å². The lowest BCUT2D eigenvalue weighted by atomic mass is 10.0. The summed E-state index contributed by atoms with van der Waals surface area (Å²) in [6.45, 7) is 2.58. The van der Waals surface area contributed by atoms with Gasteiger partial charge in [0.25, 0.3) is 0 Å². The normalized spacial score (nSPS) is 16.9. The minimum absolute atomic E-state index is 0.00744. The van der Waals surface area contributed by atoms with E-state index in [9.17, 15) is 9.59 Å². The number of urea groups is 1. The van der Waals surface area contributed by atoms with Crippen molar-refractivity contribution in [1.29, 1.82) is 0 Å². The van der Waals surface area contributed by atoms with Gasteiger partial charge in [0.1, 0.15) is 5.75 Å². The number of anilines is 1. The molecule has 0 unspecified atom stereocenters. The number of carbonyl (C=O) groups is 2. The molecule has 2 aromatic rings. The zero-order valence-electron chi connectivity index (χ0n) is 16.4. The first-order valence-electron chi connectivity index (χ1n) is 9.61. The van der Waals surface area contributed by atoms with Crippen LogP contribution in [0.1, 0.15) is 53.2 Å². The molecule has 0 radical (unpaired) electrons. The molecule has 3 N–H and O–H groups in total. The number of benzene rings is 2. The second-order valence-corrected chi connectivity index (χ2v) is 7.16. The third kappa shape index (κ3) is 4.44. The largest absolute Gasteiger partial charge is 0.497 e. The van der Waals surface area contributed by atoms with Crippen molar-refractivity contribution in [1.82, 2.24) is 4.90 Å². The molecule has 6 heteroatoms. The first-order valence-corrected chi connectivity index (χ1v) is 9.61. The second kappa shape index (κ2) is 8.78. The number of rotatable bonds is 4. The fraction of sp³-hybridized carbons (Fsp3) is 0.364. The van der Waals surface area contributed by atoms with Gasteiger partial charge >= 0.3 is 6.03 Å². The second-order valence-electron chi connectivity index (χ2n) is 7.16. The van der Waals surface area contributed by atoms with Gasteiger partial charge < -0.3 is 20.7 Å². The number of methoxy groups -OCH3 is 1. The SMILES string of the molecule is COc1ccc([C@@H]2CCCCCN2C(=O)Nc2cc(C(N)=O)ccc2C)cc1. The molecule has 1 heterocycles. The Labute approximate surface area is 165 Å². The van der Waals surface area contributed by atoms with Crippen molar-refractivity contribution in [2.24, 2.45) is 5.73 Å². The van der Waals surface area contributed by atoms with Crippen LogP contribution < -0.4 is 15.8 Å². The van der Waals surface area contributed by atoms with Gasteiger partial charge in [-0.2, -0.15) is 0 Å². The predicted octanol–water partition coefficient (Wildman–Crippen LogP) is 4.25. The average Bonchev–Trinajstić information content (AvgIpc) is 2.95. The third-order valence-electron chi connectivity index (χ3n) is 5.28. The van der Waals surface area contributed by atoms with Crippen LogP contribution in [0.4, 0.5) is 10.5 Å². The quantitative estimate of drug-likeness (QED) is 0.830. The van der Waals surface area contributed by atoms with Crippen LogP contribution in [0.5, 0.6) is 5.75 Å². The standard InChI is InChI=1S/C22H27N3O3/c1-15-7-8-17(21(23)26)14-19(15)24-22(27)25-13-5-3-4-6-20(25)16-9-11-18(28-2)12-10-16/h7-12,14,20H,3-6,13H2,1-2H3,(H2,23,26)(H,24,27)/t20-/m0/s1. The zero-order valence-corrected chi connectivity index (χ0v) is 16.4. The number of hydrogen-bond acceptors (Lipinski definition) is 3. The Morgan fingerprint density at radius 3 is 2.54 bits per heavy atom. The van der Waals surface area contributed by atoms with Crippen LogP contribution in [0, 0.1) is 6.92 Å². The summed E-state index contributed by atoms with van der Waals surface area (Å²) in [7, 11) is 1.64. The van der Waals surface area contributed by atoms with E-state index in [1.807, 2.05) is 36.1 Å². The molecule has 0 saturated carbocycles. The highest BCUT2D eigenvalue weighted by atomic mass is 16.5. The summed E-state index contributed by atoms with van der Waals surface area (Å²) in [6.07, 6.45) is 4.07. The Bertz CT molecular complexity index is 849. The van der Waals surface area contributed by atoms with Crippen LogP contribution in [-0.4, -0.2) is 30.5 Å². The molecule has 28 heavy (non-hydrogen) atoms. The van der Waals surface area contributed by atoms with Crippen molar-refractivity contribution in [3.63, 3.8) is 0 Å². The van der Waals surface area contributed by atoms with Crippen LogP contribution in [0.3, 0.4) is 0 Å². The predicted molar refractivity (Wildman–Crippen MR) is 110 cm³/mol. The van der Waals surface area contributed by atoms with Crippen LogP contribution in [-0.2, 0) is 0 Å². The van der Waals surface area contributed by atoms with E-state index < -0.39 is 5.91 Å². The topological polar surface area (TPSA) is 84.7 Å². The molecule has 1 atom stereocenters. The van der Waals surface area contributed by atoms with Gasteiger partial charge in [-0.15, -0.1) is 0 Å². The summed E-state index contributed by atoms with van der Waals surface area (Å²) < 4.78 is 5.25. The highest BCUT2D eigenvalue weighted by Crippen LogP contribution is 2.32. The number of carbonyl (C=O) groups excluding carboxylic acids is 2. The lowest BCUT2D eigenvalue weighted by Crippen LogP contribution is -2.38. The summed E-state index contributed by atoms with van der Waals surface area (Å²) in [6, 6.07) is 12.8. The smallest absolute Gasteiger partial charge is 0.322 e. The van der Waals surface area contributed by atoms with E-state index >= 15 is 0 Å². The summed E-state index contributed by atoms with van der Waals surface area (Å²) in [5, 5.41) is 2.98. The maximum absolute atomic E-state index is 13.1. The summed E-state index contributed by atoms with van der Waals surface area (Å²) in [4.78, 5) is 26.5. The van der Waals surface area contributed by atoms with Gasteiger partial charge in [-0.3, -0.25) is 4.79 Å². The number of nitrogens with two attached hydrogens (primary N) is 1. The molecular formula is C22H27N3O3. The molecule has 1 fully saturated rings. The van der Waals surface area contributed by atoms with Crippen molar-refractivity contribution in [3.8, 4) is 5.75 Å². The van der Waals surface area contributed by atoms with E-state index in [0.717, 1.165) is 42.6 Å². The van der Waals surface area contributed by atoms with Gasteiger partial charge in [-0.1, -0.05) is 31.0 Å². The fourth-order valence-corrected chi connectivity index (χ4v) is 3.62. The Morgan fingerprint density at radius 1 is 1.11 bits per heavy atom. The minimum Gasteiger partial charge on any atom is -0.497 e. The minimum atomic E-state index is -0.513. The van der Waals surface area contributed by atoms with Gasteiger partial charge in [-0.25, -0.2) is 4.79 Å². The monoisotopic (exact) mass is 381 g/mol. The Balaban J connectivity index is 1.84. The average molecular weight is 381 g/mol. The Hall–Kier alpha value is -3.02. The number of hydrogen-bond donors (Lipinski definition) is 2. The van der Waals surface area contributed by atoms with Crippen molar-refractivity contribution < 1.29 is 14.3 Å². The lowest BCUT2D eigenvalue weighted by molar-refractivity contribution is 0.1000. The fourth-order valence-electron chi connectivity index (χ4n) is 3.62. The molecule has 0 bridgehead atoms. The van der Waals surface area contributed by atoms with Crippen LogP contribution in [0.2, 0.25) is 0 Å². The number of likely N-dealkylation sites (tertiary alicyclic amines) is 1. The molecule has 3 amide bonds. The molecule has 0 aromatic heterocycles. The van der Waals surface area contributed by atoms with Crippen LogP contribution >= 0.6 is 0 Å². The molecule has 1 aliphatic heterocycles. The highest BCUT2D eigenvalue weighted by Gasteiger charge is 2.27. The van der Waals surface area contributed by atoms with E-state index in [1.165, 1.54) is 0 Å². The van der Waals surface area contributed by atoms with E-state index in [4.69, 9.17) is 10.5 Å². The zero-order chi connectivity index (χ0) is 20.1. The third-order valence-corrected chi connectivity index (χ3v) is 5.28. The molecule has 6 nitrogen and oxygen atoms in total. The molecule has 148 valence electrons. The maximum atomic E-state index is 13.1. The molecule has 3 rings (SSSR count). The Kier molecular flexibility index (Phi) is 6.19. The van der Waals surface area contributed by atoms with Crippen molar-refractivity contribution >= 4 is 17.6 Å². The van der Waals surface area contributed by atoms with E-state index in [-0.39, 0.29) is 12.1 Å². The summed E-state index contributed by atoms with van der Waals surface area (Å²) in [5.41, 5.74) is 8.35. The first-order chi connectivity index (χ1) is 13.5. The van der Waals surface area contributed by atoms with Gasteiger partial charge in [0.15, 0.2) is 0 Å². The van der Waals surface area contributed by atoms with E-state index in [2.05, 4.69) is 5.32 Å². The van der Waals surface area contributed by atoms with E-state index in [1.54, 1.807) is 25.3 Å². The number of primary amides is 1. The van der Waals surface area contributed by atoms with E-state index in [0.29, 0.717) is 17.8 Å². The molecule has 0 aliphatic carbocycles. The van der Waals surface area contributed by atoms with Gasteiger partial charge in [0, 0.05) is 17.8 Å². The van der Waals surface area contributed by atoms with Crippen LogP contribution in [0.25, 0.3) is 0 Å². The number of ether oxygens (including phenoxy) is 1. The van der Waals surface area contributed by atoms with Gasteiger partial charge in [-0.05, 0) is 55.2 Å². The summed E-state index contributed by atoms with van der Waals surface area (Å²) >= 11 is 0.